The van der Waals surface area contributed by atoms with Gasteiger partial charge in [0.25, 0.3) is 11.8 Å². The zero-order valence-corrected chi connectivity index (χ0v) is 12.0. The van der Waals surface area contributed by atoms with E-state index in [-0.39, 0.29) is 11.8 Å². The molecule has 2 aromatic carbocycles. The van der Waals surface area contributed by atoms with Crippen molar-refractivity contribution in [2.45, 2.75) is 0 Å². The molecule has 1 saturated heterocycles. The van der Waals surface area contributed by atoms with Gasteiger partial charge in [-0.25, -0.2) is 5.43 Å². The van der Waals surface area contributed by atoms with Crippen molar-refractivity contribution in [3.8, 4) is 0 Å². The van der Waals surface area contributed by atoms with Gasteiger partial charge in [-0.05, 0) is 17.5 Å². The molecule has 0 aliphatic carbocycles. The molecule has 0 bridgehead atoms. The summed E-state index contributed by atoms with van der Waals surface area (Å²) >= 11 is 0. The van der Waals surface area contributed by atoms with Crippen LogP contribution in [-0.2, 0) is 0 Å². The van der Waals surface area contributed by atoms with Crippen LogP contribution < -0.4 is 10.7 Å². The molecule has 4 rings (SSSR count). The number of imide groups is 1. The Morgan fingerprint density at radius 1 is 0.864 bits per heavy atom. The third-order valence-electron chi connectivity index (χ3n) is 4.09. The average Bonchev–Trinajstić information content (AvgIpc) is 2.82. The van der Waals surface area contributed by atoms with Gasteiger partial charge < -0.3 is 5.32 Å². The lowest BCUT2D eigenvalue weighted by Gasteiger charge is -2.35. The topological polar surface area (TPSA) is 64.7 Å². The quantitative estimate of drug-likeness (QED) is 0.761. The van der Waals surface area contributed by atoms with Gasteiger partial charge in [-0.3, -0.25) is 9.59 Å². The number of nitrogens with zero attached hydrogens (tertiary/aromatic N) is 2. The molecule has 0 unspecified atom stereocenters. The molecule has 0 atom stereocenters. The highest BCUT2D eigenvalue weighted by molar-refractivity contribution is 6.25. The van der Waals surface area contributed by atoms with Crippen LogP contribution in [0.1, 0.15) is 20.7 Å². The van der Waals surface area contributed by atoms with Crippen molar-refractivity contribution in [2.24, 2.45) is 0 Å². The number of benzene rings is 2. The van der Waals surface area contributed by atoms with E-state index in [0.717, 1.165) is 23.9 Å². The monoisotopic (exact) mass is 296 g/mol. The van der Waals surface area contributed by atoms with Gasteiger partial charge in [0, 0.05) is 31.6 Å². The van der Waals surface area contributed by atoms with Gasteiger partial charge in [-0.1, -0.05) is 24.3 Å². The Labute approximate surface area is 127 Å². The van der Waals surface area contributed by atoms with Crippen LogP contribution in [0.15, 0.2) is 36.4 Å². The first kappa shape index (κ1) is 13.4. The highest BCUT2D eigenvalue weighted by Gasteiger charge is 2.36. The maximum Gasteiger partial charge on any atom is 0.277 e. The number of hydrazine groups is 2. The molecule has 2 amide bonds. The minimum Gasteiger partial charge on any atom is -0.314 e. The molecule has 2 aliphatic heterocycles. The van der Waals surface area contributed by atoms with E-state index < -0.39 is 0 Å². The Morgan fingerprint density at radius 2 is 1.55 bits per heavy atom. The van der Waals surface area contributed by atoms with Gasteiger partial charge in [0.2, 0.25) is 0 Å². The third kappa shape index (κ3) is 1.93. The Kier molecular flexibility index (Phi) is 3.15. The van der Waals surface area contributed by atoms with E-state index in [1.165, 1.54) is 5.01 Å². The molecule has 112 valence electrons. The van der Waals surface area contributed by atoms with Crippen molar-refractivity contribution < 1.29 is 9.59 Å². The smallest absolute Gasteiger partial charge is 0.277 e. The molecule has 2 heterocycles. The van der Waals surface area contributed by atoms with Gasteiger partial charge in [-0.2, -0.15) is 5.01 Å². The van der Waals surface area contributed by atoms with Crippen LogP contribution in [-0.4, -0.2) is 48.1 Å². The van der Waals surface area contributed by atoms with Crippen LogP contribution in [0.4, 0.5) is 0 Å². The van der Waals surface area contributed by atoms with Crippen LogP contribution >= 0.6 is 0 Å². The van der Waals surface area contributed by atoms with Gasteiger partial charge in [-0.15, -0.1) is 5.12 Å². The van der Waals surface area contributed by atoms with Gasteiger partial charge in [0.1, 0.15) is 0 Å². The highest BCUT2D eigenvalue weighted by atomic mass is 16.2. The molecule has 22 heavy (non-hydrogen) atoms. The van der Waals surface area contributed by atoms with Crippen LogP contribution in [0.25, 0.3) is 10.8 Å². The van der Waals surface area contributed by atoms with Crippen molar-refractivity contribution in [3.05, 3.63) is 47.5 Å². The summed E-state index contributed by atoms with van der Waals surface area (Å²) in [4.78, 5) is 25.7. The van der Waals surface area contributed by atoms with Gasteiger partial charge >= 0.3 is 0 Å². The summed E-state index contributed by atoms with van der Waals surface area (Å²) < 4.78 is 0. The molecule has 0 aromatic heterocycles. The maximum absolute atomic E-state index is 12.8. The number of rotatable bonds is 1. The van der Waals surface area contributed by atoms with Crippen LogP contribution in [0.3, 0.4) is 0 Å². The van der Waals surface area contributed by atoms with E-state index in [1.54, 1.807) is 17.3 Å². The first-order valence-corrected chi connectivity index (χ1v) is 7.39. The van der Waals surface area contributed by atoms with Crippen molar-refractivity contribution in [2.75, 3.05) is 26.2 Å². The third-order valence-corrected chi connectivity index (χ3v) is 4.09. The Balaban J connectivity index is 1.84. The summed E-state index contributed by atoms with van der Waals surface area (Å²) in [6, 6.07) is 11.1. The Hall–Kier alpha value is -2.28. The average molecular weight is 296 g/mol. The molecule has 1 fully saturated rings. The Morgan fingerprint density at radius 3 is 2.23 bits per heavy atom. The molecule has 0 radical (unpaired) electrons. The summed E-state index contributed by atoms with van der Waals surface area (Å²) in [7, 11) is 0. The summed E-state index contributed by atoms with van der Waals surface area (Å²) in [6.07, 6.45) is 0. The first-order chi connectivity index (χ1) is 10.8. The van der Waals surface area contributed by atoms with Gasteiger partial charge in [0.05, 0.1) is 11.1 Å². The largest absolute Gasteiger partial charge is 0.314 e. The standard InChI is InChI=1S/C16H16N4O2/c21-15-12-5-1-3-11-4-2-6-13(14(11)12)16(22)20(15)19-10-9-17-7-8-18-19/h1-6,17-18H,7-10H2. The van der Waals surface area contributed by atoms with E-state index in [4.69, 9.17) is 0 Å². The molecule has 2 aromatic rings. The summed E-state index contributed by atoms with van der Waals surface area (Å²) in [6.45, 7) is 2.74. The minimum absolute atomic E-state index is 0.274. The first-order valence-electron chi connectivity index (χ1n) is 7.39. The fourth-order valence-electron chi connectivity index (χ4n) is 3.07. The zero-order valence-electron chi connectivity index (χ0n) is 12.0. The molecule has 0 saturated carbocycles. The number of carbonyl (C=O) groups excluding carboxylic acids is 2. The Bertz CT molecular complexity index is 715. The lowest BCUT2D eigenvalue weighted by molar-refractivity contribution is -0.0258. The van der Waals surface area contributed by atoms with Crippen molar-refractivity contribution in [3.63, 3.8) is 0 Å². The minimum atomic E-state index is -0.274. The molecule has 0 spiro atoms. The van der Waals surface area contributed by atoms with Crippen molar-refractivity contribution in [1.82, 2.24) is 20.9 Å². The number of hydrogen-bond donors (Lipinski definition) is 2. The molecule has 6 heteroatoms. The summed E-state index contributed by atoms with van der Waals surface area (Å²) in [5.74, 6) is -0.549. The number of amides is 2. The van der Waals surface area contributed by atoms with Crippen LogP contribution in [0.5, 0.6) is 0 Å². The zero-order chi connectivity index (χ0) is 15.1. The van der Waals surface area contributed by atoms with Crippen LogP contribution in [0, 0.1) is 0 Å². The molecule has 2 aliphatic rings. The van der Waals surface area contributed by atoms with Gasteiger partial charge in [0.15, 0.2) is 0 Å². The SMILES string of the molecule is O=C1c2cccc3cccc(c23)C(=O)N1N1CCNCCN1. The molecule has 6 nitrogen and oxygen atoms in total. The second-order valence-corrected chi connectivity index (χ2v) is 5.41. The predicted molar refractivity (Wildman–Crippen MR) is 82.0 cm³/mol. The maximum atomic E-state index is 12.8. The fraction of sp³-hybridized carbons (Fsp3) is 0.250. The molecule has 2 N–H and O–H groups in total. The van der Waals surface area contributed by atoms with E-state index >= 15 is 0 Å². The lowest BCUT2D eigenvalue weighted by Crippen LogP contribution is -2.57. The second-order valence-electron chi connectivity index (χ2n) is 5.41. The van der Waals surface area contributed by atoms with E-state index in [1.807, 2.05) is 24.3 Å². The molecular weight excluding hydrogens is 280 g/mol. The van der Waals surface area contributed by atoms with Crippen molar-refractivity contribution >= 4 is 22.6 Å². The highest BCUT2D eigenvalue weighted by Crippen LogP contribution is 2.30. The predicted octanol–water partition coefficient (Wildman–Crippen LogP) is 0.761. The lowest BCUT2D eigenvalue weighted by atomic mass is 9.95. The van der Waals surface area contributed by atoms with Crippen LogP contribution in [0.2, 0.25) is 0 Å². The number of carbonyl (C=O) groups is 2. The number of nitrogens with one attached hydrogen (secondary N) is 2. The molecular formula is C16H16N4O2. The second kappa shape index (κ2) is 5.17. The normalized spacial score (nSPS) is 19.5. The number of hydrogen-bond acceptors (Lipinski definition) is 5. The fourth-order valence-corrected chi connectivity index (χ4v) is 3.07. The van der Waals surface area contributed by atoms with E-state index in [9.17, 15) is 9.59 Å². The summed E-state index contributed by atoms with van der Waals surface area (Å²) in [5, 5.41) is 7.75. The van der Waals surface area contributed by atoms with E-state index in [0.29, 0.717) is 24.2 Å². The summed E-state index contributed by atoms with van der Waals surface area (Å²) in [5.41, 5.74) is 4.28. The van der Waals surface area contributed by atoms with E-state index in [2.05, 4.69) is 10.7 Å². The van der Waals surface area contributed by atoms with Crippen molar-refractivity contribution in [1.29, 1.82) is 0 Å².